The van der Waals surface area contributed by atoms with Crippen molar-refractivity contribution < 1.29 is 4.74 Å². The summed E-state index contributed by atoms with van der Waals surface area (Å²) in [5.41, 5.74) is 6.59. The van der Waals surface area contributed by atoms with Crippen molar-refractivity contribution in [3.63, 3.8) is 0 Å². The Balaban J connectivity index is 1.70. The molecule has 20 heavy (non-hydrogen) atoms. The molecule has 0 unspecified atom stereocenters. The minimum atomic E-state index is 0.707. The number of nitrogens with two attached hydrogens (primary N) is 1. The molecule has 0 aromatic heterocycles. The molecular formula is C17H28N2O. The molecule has 1 saturated carbocycles. The lowest BCUT2D eigenvalue weighted by Gasteiger charge is -2.34. The zero-order chi connectivity index (χ0) is 14.4. The topological polar surface area (TPSA) is 38.5 Å². The van der Waals surface area contributed by atoms with Crippen LogP contribution in [-0.4, -0.2) is 31.1 Å². The molecule has 0 bridgehead atoms. The van der Waals surface area contributed by atoms with Gasteiger partial charge in [0.1, 0.15) is 12.4 Å². The number of anilines is 1. The first-order valence-corrected chi connectivity index (χ1v) is 7.88. The largest absolute Gasteiger partial charge is 0.490 e. The molecule has 1 fully saturated rings. The summed E-state index contributed by atoms with van der Waals surface area (Å²) in [6.45, 7) is 3.99. The first-order chi connectivity index (χ1) is 9.70. The van der Waals surface area contributed by atoms with Crippen LogP contribution in [0.2, 0.25) is 0 Å². The summed E-state index contributed by atoms with van der Waals surface area (Å²) in [6.07, 6.45) is 6.79. The quantitative estimate of drug-likeness (QED) is 0.808. The van der Waals surface area contributed by atoms with Gasteiger partial charge in [0, 0.05) is 12.6 Å². The Kier molecular flexibility index (Phi) is 5.72. The van der Waals surface area contributed by atoms with Crippen LogP contribution in [0.1, 0.15) is 39.0 Å². The molecular weight excluding hydrogens is 248 g/mol. The lowest BCUT2D eigenvalue weighted by atomic mass is 9.84. The smallest absolute Gasteiger partial charge is 0.142 e. The molecule has 1 aromatic rings. The van der Waals surface area contributed by atoms with Gasteiger partial charge in [0.2, 0.25) is 0 Å². The van der Waals surface area contributed by atoms with Gasteiger partial charge in [0.25, 0.3) is 0 Å². The first kappa shape index (κ1) is 15.2. The van der Waals surface area contributed by atoms with Crippen molar-refractivity contribution in [3.05, 3.63) is 24.3 Å². The molecule has 112 valence electrons. The number of hydrogen-bond donors (Lipinski definition) is 1. The summed E-state index contributed by atoms with van der Waals surface area (Å²) in [5, 5.41) is 0. The predicted octanol–water partition coefficient (Wildman–Crippen LogP) is 3.55. The van der Waals surface area contributed by atoms with Crippen molar-refractivity contribution in [2.24, 2.45) is 5.92 Å². The highest BCUT2D eigenvalue weighted by atomic mass is 16.5. The van der Waals surface area contributed by atoms with Gasteiger partial charge in [-0.2, -0.15) is 0 Å². The number of nitrogens with zero attached hydrogens (tertiary/aromatic N) is 1. The Morgan fingerprint density at radius 1 is 1.20 bits per heavy atom. The van der Waals surface area contributed by atoms with Crippen LogP contribution in [0.4, 0.5) is 5.69 Å². The molecule has 3 nitrogen and oxygen atoms in total. The van der Waals surface area contributed by atoms with E-state index in [4.69, 9.17) is 10.5 Å². The normalized spacial score (nSPS) is 22.9. The lowest BCUT2D eigenvalue weighted by molar-refractivity contribution is 0.141. The van der Waals surface area contributed by atoms with E-state index in [0.29, 0.717) is 6.61 Å². The van der Waals surface area contributed by atoms with Crippen LogP contribution in [0.25, 0.3) is 0 Å². The summed E-state index contributed by atoms with van der Waals surface area (Å²) in [5.74, 6) is 1.76. The highest BCUT2D eigenvalue weighted by Gasteiger charge is 2.22. The average molecular weight is 276 g/mol. The van der Waals surface area contributed by atoms with Gasteiger partial charge in [0.15, 0.2) is 0 Å². The fourth-order valence-corrected chi connectivity index (χ4v) is 3.09. The molecule has 0 saturated heterocycles. The monoisotopic (exact) mass is 276 g/mol. The van der Waals surface area contributed by atoms with Gasteiger partial charge < -0.3 is 15.4 Å². The zero-order valence-electron chi connectivity index (χ0n) is 12.8. The average Bonchev–Trinajstić information content (AvgIpc) is 2.49. The van der Waals surface area contributed by atoms with E-state index in [1.165, 1.54) is 32.1 Å². The summed E-state index contributed by atoms with van der Waals surface area (Å²) >= 11 is 0. The molecule has 0 aliphatic heterocycles. The number of ether oxygens (including phenoxy) is 1. The molecule has 0 amide bonds. The molecule has 0 radical (unpaired) electrons. The van der Waals surface area contributed by atoms with E-state index < -0.39 is 0 Å². The van der Waals surface area contributed by atoms with E-state index in [0.717, 1.165) is 29.9 Å². The van der Waals surface area contributed by atoms with Gasteiger partial charge in [-0.25, -0.2) is 0 Å². The fraction of sp³-hybridized carbons (Fsp3) is 0.647. The predicted molar refractivity (Wildman–Crippen MR) is 85.0 cm³/mol. The van der Waals surface area contributed by atoms with Crippen LogP contribution in [-0.2, 0) is 0 Å². The van der Waals surface area contributed by atoms with Gasteiger partial charge in [-0.3, -0.25) is 0 Å². The minimum absolute atomic E-state index is 0.707. The molecule has 3 heteroatoms. The Bertz CT molecular complexity index is 400. The maximum Gasteiger partial charge on any atom is 0.142 e. The Hall–Kier alpha value is -1.22. The number of nitrogen functional groups attached to an aromatic ring is 1. The zero-order valence-corrected chi connectivity index (χ0v) is 12.8. The molecule has 0 spiro atoms. The van der Waals surface area contributed by atoms with E-state index in [1.54, 1.807) is 0 Å². The lowest BCUT2D eigenvalue weighted by Crippen LogP contribution is -2.37. The van der Waals surface area contributed by atoms with Gasteiger partial charge >= 0.3 is 0 Å². The Labute approximate surface area is 123 Å². The van der Waals surface area contributed by atoms with Crippen molar-refractivity contribution in [1.82, 2.24) is 4.90 Å². The second-order valence-corrected chi connectivity index (χ2v) is 5.95. The van der Waals surface area contributed by atoms with Gasteiger partial charge in [0.05, 0.1) is 5.69 Å². The van der Waals surface area contributed by atoms with E-state index in [-0.39, 0.29) is 0 Å². The molecule has 1 aliphatic carbocycles. The SMILES string of the molecule is CCC1CCC(N(C)CCOc2ccccc2N)CC1. The minimum Gasteiger partial charge on any atom is -0.490 e. The first-order valence-electron chi connectivity index (χ1n) is 7.88. The third-order valence-corrected chi connectivity index (χ3v) is 4.64. The molecule has 2 rings (SSSR count). The van der Waals surface area contributed by atoms with E-state index in [1.807, 2.05) is 24.3 Å². The maximum absolute atomic E-state index is 5.87. The van der Waals surface area contributed by atoms with E-state index in [9.17, 15) is 0 Å². The van der Waals surface area contributed by atoms with Crippen molar-refractivity contribution in [1.29, 1.82) is 0 Å². The highest BCUT2D eigenvalue weighted by Crippen LogP contribution is 2.28. The fourth-order valence-electron chi connectivity index (χ4n) is 3.09. The summed E-state index contributed by atoms with van der Waals surface area (Å²) < 4.78 is 5.77. The van der Waals surface area contributed by atoms with Crippen LogP contribution in [0.15, 0.2) is 24.3 Å². The third kappa shape index (κ3) is 4.14. The summed E-state index contributed by atoms with van der Waals surface area (Å²) in [7, 11) is 2.22. The van der Waals surface area contributed by atoms with Crippen molar-refractivity contribution in [3.8, 4) is 5.75 Å². The third-order valence-electron chi connectivity index (χ3n) is 4.64. The van der Waals surface area contributed by atoms with Crippen molar-refractivity contribution in [2.45, 2.75) is 45.1 Å². The van der Waals surface area contributed by atoms with E-state index in [2.05, 4.69) is 18.9 Å². The molecule has 0 atom stereocenters. The summed E-state index contributed by atoms with van der Waals surface area (Å²) in [4.78, 5) is 2.45. The second-order valence-electron chi connectivity index (χ2n) is 5.95. The van der Waals surface area contributed by atoms with Crippen LogP contribution in [0, 0.1) is 5.92 Å². The van der Waals surface area contributed by atoms with Crippen LogP contribution in [0.5, 0.6) is 5.75 Å². The standard InChI is InChI=1S/C17H28N2O/c1-3-14-8-10-15(11-9-14)19(2)12-13-20-17-7-5-4-6-16(17)18/h4-7,14-15H,3,8-13,18H2,1-2H3. The molecule has 2 N–H and O–H groups in total. The van der Waals surface area contributed by atoms with Crippen LogP contribution in [0.3, 0.4) is 0 Å². The number of para-hydroxylation sites is 2. The van der Waals surface area contributed by atoms with Crippen LogP contribution >= 0.6 is 0 Å². The number of likely N-dealkylation sites (N-methyl/N-ethyl adjacent to an activating group) is 1. The summed E-state index contributed by atoms with van der Waals surface area (Å²) in [6, 6.07) is 8.43. The molecule has 1 aliphatic rings. The number of hydrogen-bond acceptors (Lipinski definition) is 3. The highest BCUT2D eigenvalue weighted by molar-refractivity contribution is 5.51. The molecule has 0 heterocycles. The van der Waals surface area contributed by atoms with E-state index >= 15 is 0 Å². The van der Waals surface area contributed by atoms with Crippen molar-refractivity contribution in [2.75, 3.05) is 25.9 Å². The molecule has 1 aromatic carbocycles. The van der Waals surface area contributed by atoms with Gasteiger partial charge in [-0.15, -0.1) is 0 Å². The number of rotatable bonds is 6. The van der Waals surface area contributed by atoms with Gasteiger partial charge in [-0.05, 0) is 50.8 Å². The van der Waals surface area contributed by atoms with Crippen molar-refractivity contribution >= 4 is 5.69 Å². The van der Waals surface area contributed by atoms with Gasteiger partial charge in [-0.1, -0.05) is 25.5 Å². The Morgan fingerprint density at radius 3 is 2.55 bits per heavy atom. The maximum atomic E-state index is 5.87. The van der Waals surface area contributed by atoms with Crippen LogP contribution < -0.4 is 10.5 Å². The second kappa shape index (κ2) is 7.53. The number of benzene rings is 1. The Morgan fingerprint density at radius 2 is 1.90 bits per heavy atom.